The van der Waals surface area contributed by atoms with Gasteiger partial charge in [-0.3, -0.25) is 9.59 Å². The molecule has 0 bridgehead atoms. The van der Waals surface area contributed by atoms with Crippen molar-refractivity contribution >= 4 is 11.6 Å². The van der Waals surface area contributed by atoms with E-state index in [1.54, 1.807) is 0 Å². The first-order valence-corrected chi connectivity index (χ1v) is 8.29. The molecule has 2 heteroatoms. The quantitative estimate of drug-likeness (QED) is 0.734. The molecule has 3 aliphatic carbocycles. The van der Waals surface area contributed by atoms with E-state index in [9.17, 15) is 9.59 Å². The minimum atomic E-state index is 0.173. The van der Waals surface area contributed by atoms with Crippen LogP contribution in [0.15, 0.2) is 12.7 Å². The minimum Gasteiger partial charge on any atom is -0.299 e. The van der Waals surface area contributed by atoms with Gasteiger partial charge < -0.3 is 0 Å². The first kappa shape index (κ1) is 14.0. The largest absolute Gasteiger partial charge is 0.299 e. The second kappa shape index (κ2) is 5.46. The fraction of sp³-hybridized carbons (Fsp3) is 0.778. The number of rotatable bonds is 3. The lowest BCUT2D eigenvalue weighted by Gasteiger charge is -2.53. The van der Waals surface area contributed by atoms with Crippen LogP contribution in [0.5, 0.6) is 0 Å². The minimum absolute atomic E-state index is 0.173. The average Bonchev–Trinajstić information content (AvgIpc) is 2.43. The lowest BCUT2D eigenvalue weighted by molar-refractivity contribution is -0.149. The number of carbonyl (C=O) groups excluding carboxylic acids is 2. The molecule has 6 atom stereocenters. The highest BCUT2D eigenvalue weighted by Gasteiger charge is 2.53. The van der Waals surface area contributed by atoms with Gasteiger partial charge in [-0.2, -0.15) is 0 Å². The molecule has 0 aromatic rings. The van der Waals surface area contributed by atoms with Gasteiger partial charge in [-0.25, -0.2) is 0 Å². The van der Waals surface area contributed by atoms with E-state index in [0.29, 0.717) is 41.7 Å². The number of carbonyl (C=O) groups is 2. The van der Waals surface area contributed by atoms with Crippen molar-refractivity contribution in [3.63, 3.8) is 0 Å². The van der Waals surface area contributed by atoms with Crippen LogP contribution in [0.1, 0.15) is 51.9 Å². The van der Waals surface area contributed by atoms with E-state index in [0.717, 1.165) is 32.1 Å². The van der Waals surface area contributed by atoms with E-state index in [1.165, 1.54) is 6.42 Å². The molecular formula is C18H26O2. The maximum atomic E-state index is 12.5. The Morgan fingerprint density at radius 2 is 1.95 bits per heavy atom. The second-order valence-electron chi connectivity index (χ2n) is 7.22. The Hall–Kier alpha value is -0.920. The predicted molar refractivity (Wildman–Crippen MR) is 79.1 cm³/mol. The molecular weight excluding hydrogens is 248 g/mol. The van der Waals surface area contributed by atoms with Crippen LogP contribution in [-0.2, 0) is 9.59 Å². The van der Waals surface area contributed by atoms with Crippen LogP contribution in [0.4, 0.5) is 0 Å². The van der Waals surface area contributed by atoms with Crippen LogP contribution in [-0.4, -0.2) is 11.6 Å². The third-order valence-corrected chi connectivity index (χ3v) is 6.24. The van der Waals surface area contributed by atoms with Gasteiger partial charge in [-0.1, -0.05) is 13.0 Å². The zero-order valence-corrected chi connectivity index (χ0v) is 12.5. The number of hydrogen-bond donors (Lipinski definition) is 0. The lowest BCUT2D eigenvalue weighted by Crippen LogP contribution is -2.53. The molecule has 20 heavy (non-hydrogen) atoms. The van der Waals surface area contributed by atoms with Gasteiger partial charge in [0.1, 0.15) is 11.6 Å². The summed E-state index contributed by atoms with van der Waals surface area (Å²) in [4.78, 5) is 24.8. The molecule has 0 heterocycles. The number of allylic oxidation sites excluding steroid dienone is 1. The Morgan fingerprint density at radius 1 is 1.20 bits per heavy atom. The van der Waals surface area contributed by atoms with Crippen molar-refractivity contribution in [1.82, 2.24) is 0 Å². The predicted octanol–water partition coefficient (Wildman–Crippen LogP) is 3.80. The van der Waals surface area contributed by atoms with E-state index in [2.05, 4.69) is 13.5 Å². The van der Waals surface area contributed by atoms with Crippen LogP contribution in [0.25, 0.3) is 0 Å². The normalized spacial score (nSPS) is 44.0. The maximum Gasteiger partial charge on any atom is 0.136 e. The Bertz CT molecular complexity index is 425. The highest BCUT2D eigenvalue weighted by atomic mass is 16.1. The zero-order valence-electron chi connectivity index (χ0n) is 12.5. The first-order chi connectivity index (χ1) is 9.63. The molecule has 0 saturated heterocycles. The molecule has 3 fully saturated rings. The highest BCUT2D eigenvalue weighted by molar-refractivity contribution is 5.88. The second-order valence-corrected chi connectivity index (χ2v) is 7.22. The summed E-state index contributed by atoms with van der Waals surface area (Å²) in [5.41, 5.74) is 0. The van der Waals surface area contributed by atoms with Gasteiger partial charge in [0.05, 0.1) is 0 Å². The molecule has 3 saturated carbocycles. The fourth-order valence-corrected chi connectivity index (χ4v) is 5.40. The zero-order chi connectivity index (χ0) is 14.3. The van der Waals surface area contributed by atoms with Gasteiger partial charge in [0.25, 0.3) is 0 Å². The first-order valence-electron chi connectivity index (χ1n) is 8.29. The van der Waals surface area contributed by atoms with Gasteiger partial charge in [-0.15, -0.1) is 6.58 Å². The maximum absolute atomic E-state index is 12.5. The average molecular weight is 274 g/mol. The van der Waals surface area contributed by atoms with Crippen molar-refractivity contribution in [2.45, 2.75) is 51.9 Å². The summed E-state index contributed by atoms with van der Waals surface area (Å²) in [6, 6.07) is 0. The van der Waals surface area contributed by atoms with Crippen LogP contribution in [0.2, 0.25) is 0 Å². The smallest absolute Gasteiger partial charge is 0.136 e. The van der Waals surface area contributed by atoms with E-state index < -0.39 is 0 Å². The van der Waals surface area contributed by atoms with Crippen molar-refractivity contribution in [2.24, 2.45) is 35.5 Å². The lowest BCUT2D eigenvalue weighted by atomic mass is 9.50. The summed E-state index contributed by atoms with van der Waals surface area (Å²) in [7, 11) is 0. The molecule has 0 spiro atoms. The summed E-state index contributed by atoms with van der Waals surface area (Å²) < 4.78 is 0. The van der Waals surface area contributed by atoms with Crippen molar-refractivity contribution < 1.29 is 9.59 Å². The summed E-state index contributed by atoms with van der Waals surface area (Å²) in [5.74, 6) is 3.38. The fourth-order valence-electron chi connectivity index (χ4n) is 5.40. The van der Waals surface area contributed by atoms with Gasteiger partial charge in [0.2, 0.25) is 0 Å². The number of Topliss-reactive ketones (excluding diaryl/α,β-unsaturated/α-hetero) is 2. The molecule has 2 nitrogen and oxygen atoms in total. The monoisotopic (exact) mass is 274 g/mol. The van der Waals surface area contributed by atoms with E-state index in [-0.39, 0.29) is 11.8 Å². The molecule has 0 aromatic heterocycles. The van der Waals surface area contributed by atoms with Crippen LogP contribution < -0.4 is 0 Å². The summed E-state index contributed by atoms with van der Waals surface area (Å²) in [6.45, 7) is 6.14. The van der Waals surface area contributed by atoms with Gasteiger partial charge in [0.15, 0.2) is 0 Å². The van der Waals surface area contributed by atoms with Crippen LogP contribution >= 0.6 is 0 Å². The van der Waals surface area contributed by atoms with E-state index in [1.807, 2.05) is 6.08 Å². The molecule has 0 amide bonds. The van der Waals surface area contributed by atoms with Gasteiger partial charge in [0, 0.05) is 24.7 Å². The van der Waals surface area contributed by atoms with Crippen molar-refractivity contribution in [1.29, 1.82) is 0 Å². The van der Waals surface area contributed by atoms with Crippen molar-refractivity contribution in [3.05, 3.63) is 12.7 Å². The highest BCUT2D eigenvalue weighted by Crippen LogP contribution is 2.55. The topological polar surface area (TPSA) is 34.1 Å². The molecule has 0 aliphatic heterocycles. The molecule has 110 valence electrons. The Labute approximate surface area is 122 Å². The number of hydrogen-bond acceptors (Lipinski definition) is 2. The van der Waals surface area contributed by atoms with E-state index in [4.69, 9.17) is 0 Å². The Balaban J connectivity index is 1.90. The van der Waals surface area contributed by atoms with Crippen molar-refractivity contribution in [2.75, 3.05) is 0 Å². The summed E-state index contributed by atoms with van der Waals surface area (Å²) in [5, 5.41) is 0. The SMILES string of the molecule is C=CCC[C@@H]1[C@H]2C(=O)CC[C@@H]3C(=O)CC[C@@H](C[C@H]1C)[C@@H]23. The van der Waals surface area contributed by atoms with Gasteiger partial charge in [-0.05, 0) is 55.8 Å². The van der Waals surface area contributed by atoms with Crippen LogP contribution in [0.3, 0.4) is 0 Å². The Kier molecular flexibility index (Phi) is 3.83. The molecule has 3 rings (SSSR count). The third kappa shape index (κ3) is 2.17. The molecule has 3 aliphatic rings. The molecule has 0 unspecified atom stereocenters. The van der Waals surface area contributed by atoms with Crippen molar-refractivity contribution in [3.8, 4) is 0 Å². The molecule has 0 radical (unpaired) electrons. The molecule has 0 aromatic carbocycles. The van der Waals surface area contributed by atoms with Crippen LogP contribution in [0, 0.1) is 35.5 Å². The van der Waals surface area contributed by atoms with E-state index >= 15 is 0 Å². The third-order valence-electron chi connectivity index (χ3n) is 6.24. The summed E-state index contributed by atoms with van der Waals surface area (Å²) >= 11 is 0. The van der Waals surface area contributed by atoms with Gasteiger partial charge >= 0.3 is 0 Å². The summed E-state index contributed by atoms with van der Waals surface area (Å²) in [6.07, 6.45) is 8.52. The number of ketones is 2. The standard InChI is InChI=1S/C18H26O2/c1-3-4-5-13-11(2)10-12-6-8-15(19)14-7-9-16(20)18(13)17(12)14/h3,11-14,17-18H,1,4-10H2,2H3/t11-,12+,13+,14-,17-,18+/m1/s1. The molecule has 0 N–H and O–H groups in total. The Morgan fingerprint density at radius 3 is 2.70 bits per heavy atom.